The number of fused-ring (bicyclic) bond motifs is 1. The third-order valence-electron chi connectivity index (χ3n) is 4.03. The van der Waals surface area contributed by atoms with E-state index in [4.69, 9.17) is 22.9 Å². The molecular formula is C18H18FN3S. The van der Waals surface area contributed by atoms with Crippen LogP contribution in [0.25, 0.3) is 11.0 Å². The van der Waals surface area contributed by atoms with E-state index >= 15 is 0 Å². The fraction of sp³-hybridized carbons (Fsp3) is 0.222. The summed E-state index contributed by atoms with van der Waals surface area (Å²) >= 11 is 5.09. The Morgan fingerprint density at radius 1 is 1.17 bits per heavy atom. The predicted molar refractivity (Wildman–Crippen MR) is 95.2 cm³/mol. The largest absolute Gasteiger partial charge is 0.392 e. The highest BCUT2D eigenvalue weighted by Crippen LogP contribution is 2.22. The van der Waals surface area contributed by atoms with E-state index in [0.29, 0.717) is 18.0 Å². The fourth-order valence-corrected chi connectivity index (χ4v) is 2.81. The first-order valence-electron chi connectivity index (χ1n) is 7.43. The lowest BCUT2D eigenvalue weighted by Crippen LogP contribution is -2.18. The van der Waals surface area contributed by atoms with E-state index in [-0.39, 0.29) is 5.82 Å². The Morgan fingerprint density at radius 2 is 1.83 bits per heavy atom. The van der Waals surface area contributed by atoms with E-state index in [2.05, 4.69) is 26.0 Å². The molecule has 1 heterocycles. The normalized spacial score (nSPS) is 11.1. The van der Waals surface area contributed by atoms with E-state index in [9.17, 15) is 4.39 Å². The second-order valence-corrected chi connectivity index (χ2v) is 6.33. The third-order valence-corrected chi connectivity index (χ3v) is 4.16. The Balaban J connectivity index is 2.10. The summed E-state index contributed by atoms with van der Waals surface area (Å²) in [4.78, 5) is 5.16. The van der Waals surface area contributed by atoms with Crippen LogP contribution in [0.15, 0.2) is 36.4 Å². The van der Waals surface area contributed by atoms with Gasteiger partial charge in [-0.05, 0) is 54.8 Å². The first-order valence-corrected chi connectivity index (χ1v) is 7.84. The molecule has 0 aliphatic carbocycles. The van der Waals surface area contributed by atoms with Gasteiger partial charge in [0.1, 0.15) is 11.6 Å². The van der Waals surface area contributed by atoms with Crippen LogP contribution >= 0.6 is 12.2 Å². The molecule has 2 N–H and O–H groups in total. The van der Waals surface area contributed by atoms with Gasteiger partial charge in [0, 0.05) is 6.42 Å². The van der Waals surface area contributed by atoms with Gasteiger partial charge < -0.3 is 10.3 Å². The van der Waals surface area contributed by atoms with Crippen molar-refractivity contribution >= 4 is 28.2 Å². The zero-order valence-corrected chi connectivity index (χ0v) is 14.0. The van der Waals surface area contributed by atoms with E-state index < -0.39 is 0 Å². The minimum Gasteiger partial charge on any atom is -0.392 e. The van der Waals surface area contributed by atoms with Gasteiger partial charge in [-0.25, -0.2) is 9.37 Å². The van der Waals surface area contributed by atoms with Crippen molar-refractivity contribution in [2.45, 2.75) is 26.8 Å². The number of nitrogens with zero attached hydrogens (tertiary/aromatic N) is 2. The van der Waals surface area contributed by atoms with E-state index in [1.807, 2.05) is 4.57 Å². The number of aryl methyl sites for hydroxylation is 2. The molecule has 3 aromatic rings. The molecular weight excluding hydrogens is 309 g/mol. The van der Waals surface area contributed by atoms with Crippen molar-refractivity contribution in [3.8, 4) is 0 Å². The molecule has 1 aromatic heterocycles. The minimum atomic E-state index is -0.239. The molecule has 0 saturated carbocycles. The third kappa shape index (κ3) is 3.24. The molecule has 0 amide bonds. The van der Waals surface area contributed by atoms with Crippen molar-refractivity contribution < 1.29 is 4.39 Å². The molecule has 23 heavy (non-hydrogen) atoms. The van der Waals surface area contributed by atoms with E-state index in [0.717, 1.165) is 22.4 Å². The fourth-order valence-electron chi connectivity index (χ4n) is 2.68. The summed E-state index contributed by atoms with van der Waals surface area (Å²) in [5, 5.41) is 0. The number of rotatable bonds is 4. The second-order valence-electron chi connectivity index (χ2n) is 5.81. The van der Waals surface area contributed by atoms with Crippen molar-refractivity contribution in [2.24, 2.45) is 5.73 Å². The highest BCUT2D eigenvalue weighted by atomic mass is 32.1. The number of imidazole rings is 1. The molecule has 0 aliphatic rings. The van der Waals surface area contributed by atoms with Gasteiger partial charge in [0.05, 0.1) is 22.6 Å². The maximum atomic E-state index is 13.1. The molecule has 118 valence electrons. The molecule has 5 heteroatoms. The SMILES string of the molecule is Cc1cc2nc(Cc3ccc(F)cc3)n(CC(N)=S)c2cc1C. The van der Waals surface area contributed by atoms with E-state index in [1.165, 1.54) is 23.3 Å². The van der Waals surface area contributed by atoms with Crippen LogP contribution in [0.4, 0.5) is 4.39 Å². The van der Waals surface area contributed by atoms with Crippen LogP contribution in [0, 0.1) is 19.7 Å². The molecule has 0 fully saturated rings. The molecule has 0 spiro atoms. The van der Waals surface area contributed by atoms with Gasteiger partial charge in [-0.3, -0.25) is 0 Å². The lowest BCUT2D eigenvalue weighted by molar-refractivity contribution is 0.627. The van der Waals surface area contributed by atoms with Crippen molar-refractivity contribution in [3.63, 3.8) is 0 Å². The first kappa shape index (κ1) is 15.6. The summed E-state index contributed by atoms with van der Waals surface area (Å²) in [6.45, 7) is 4.60. The summed E-state index contributed by atoms with van der Waals surface area (Å²) < 4.78 is 15.1. The number of aromatic nitrogens is 2. The van der Waals surface area contributed by atoms with Crippen molar-refractivity contribution in [3.05, 3.63) is 64.7 Å². The molecule has 0 saturated heterocycles. The second kappa shape index (κ2) is 6.08. The summed E-state index contributed by atoms with van der Waals surface area (Å²) in [7, 11) is 0. The van der Waals surface area contributed by atoms with Crippen LogP contribution < -0.4 is 5.73 Å². The van der Waals surface area contributed by atoms with Gasteiger partial charge in [0.2, 0.25) is 0 Å². The van der Waals surface area contributed by atoms with Crippen LogP contribution in [0.5, 0.6) is 0 Å². The van der Waals surface area contributed by atoms with Crippen LogP contribution in [0.2, 0.25) is 0 Å². The number of halogens is 1. The average molecular weight is 327 g/mol. The lowest BCUT2D eigenvalue weighted by atomic mass is 10.1. The molecule has 0 radical (unpaired) electrons. The van der Waals surface area contributed by atoms with Gasteiger partial charge in [-0.15, -0.1) is 0 Å². The van der Waals surface area contributed by atoms with Crippen molar-refractivity contribution in [1.29, 1.82) is 0 Å². The van der Waals surface area contributed by atoms with Gasteiger partial charge in [-0.1, -0.05) is 24.4 Å². The van der Waals surface area contributed by atoms with Crippen LogP contribution in [0.3, 0.4) is 0 Å². The Labute approximate surface area is 139 Å². The number of thiocarbonyl (C=S) groups is 1. The summed E-state index contributed by atoms with van der Waals surface area (Å²) in [6, 6.07) is 10.7. The number of hydrogen-bond acceptors (Lipinski definition) is 2. The van der Waals surface area contributed by atoms with Gasteiger partial charge >= 0.3 is 0 Å². The maximum Gasteiger partial charge on any atom is 0.123 e. The monoisotopic (exact) mass is 327 g/mol. The highest BCUT2D eigenvalue weighted by molar-refractivity contribution is 7.80. The van der Waals surface area contributed by atoms with Crippen molar-refractivity contribution in [2.75, 3.05) is 0 Å². The zero-order chi connectivity index (χ0) is 16.6. The van der Waals surface area contributed by atoms with Gasteiger partial charge in [0.25, 0.3) is 0 Å². The number of nitrogens with two attached hydrogens (primary N) is 1. The number of benzene rings is 2. The van der Waals surface area contributed by atoms with Crippen LogP contribution in [-0.2, 0) is 13.0 Å². The highest BCUT2D eigenvalue weighted by Gasteiger charge is 2.13. The molecule has 3 rings (SSSR count). The van der Waals surface area contributed by atoms with Crippen LogP contribution in [-0.4, -0.2) is 14.5 Å². The Kier molecular flexibility index (Phi) is 4.13. The molecule has 0 bridgehead atoms. The topological polar surface area (TPSA) is 43.8 Å². The van der Waals surface area contributed by atoms with Crippen LogP contribution in [0.1, 0.15) is 22.5 Å². The Bertz CT molecular complexity index is 881. The summed E-state index contributed by atoms with van der Waals surface area (Å²) in [5.74, 6) is 0.640. The quantitative estimate of drug-likeness (QED) is 0.744. The van der Waals surface area contributed by atoms with E-state index in [1.54, 1.807) is 12.1 Å². The standard InChI is InChI=1S/C18H18FN3S/c1-11-7-15-16(8-12(11)2)22(10-17(20)23)18(21-15)9-13-3-5-14(19)6-4-13/h3-8H,9-10H2,1-2H3,(H2,20,23). The van der Waals surface area contributed by atoms with Crippen molar-refractivity contribution in [1.82, 2.24) is 9.55 Å². The van der Waals surface area contributed by atoms with Gasteiger partial charge in [-0.2, -0.15) is 0 Å². The number of hydrogen-bond donors (Lipinski definition) is 1. The van der Waals surface area contributed by atoms with Gasteiger partial charge in [0.15, 0.2) is 0 Å². The predicted octanol–water partition coefficient (Wildman–Crippen LogP) is 3.67. The smallest absolute Gasteiger partial charge is 0.123 e. The first-order chi connectivity index (χ1) is 10.9. The average Bonchev–Trinajstić information content (AvgIpc) is 2.79. The molecule has 2 aromatic carbocycles. The maximum absolute atomic E-state index is 13.1. The minimum absolute atomic E-state index is 0.239. The Morgan fingerprint density at radius 3 is 2.48 bits per heavy atom. The molecule has 3 nitrogen and oxygen atoms in total. The summed E-state index contributed by atoms with van der Waals surface area (Å²) in [5.41, 5.74) is 11.1. The zero-order valence-electron chi connectivity index (χ0n) is 13.1. The summed E-state index contributed by atoms with van der Waals surface area (Å²) in [6.07, 6.45) is 0.607. The molecule has 0 atom stereocenters. The molecule has 0 unspecified atom stereocenters. The molecule has 0 aliphatic heterocycles. The Hall–Kier alpha value is -2.27. The lowest BCUT2D eigenvalue weighted by Gasteiger charge is -2.09.